The zero-order valence-electron chi connectivity index (χ0n) is 15.2. The Morgan fingerprint density at radius 1 is 1.19 bits per heavy atom. The quantitative estimate of drug-likeness (QED) is 0.860. The van der Waals surface area contributed by atoms with E-state index in [0.29, 0.717) is 23.5 Å². The van der Waals surface area contributed by atoms with Crippen LogP contribution in [-0.4, -0.2) is 34.9 Å². The Morgan fingerprint density at radius 3 is 2.58 bits per heavy atom. The highest BCUT2D eigenvalue weighted by atomic mass is 16.5. The van der Waals surface area contributed by atoms with Crippen LogP contribution in [0.1, 0.15) is 50.1 Å². The van der Waals surface area contributed by atoms with Crippen molar-refractivity contribution in [2.75, 3.05) is 19.5 Å². The fraction of sp³-hybridized carbons (Fsp3) is 0.526. The minimum absolute atomic E-state index is 0.0166. The number of carbonyl (C=O) groups excluding carboxylic acids is 1. The number of nitrogens with one attached hydrogen (secondary N) is 1. The number of hydrogen-bond donors (Lipinski definition) is 1. The van der Waals surface area contributed by atoms with Crippen LogP contribution in [0, 0.1) is 0 Å². The molecule has 0 unspecified atom stereocenters. The summed E-state index contributed by atoms with van der Waals surface area (Å²) in [6.45, 7) is 0. The first-order chi connectivity index (χ1) is 12.7. The number of anilines is 1. The zero-order chi connectivity index (χ0) is 18.1. The minimum Gasteiger partial charge on any atom is -0.493 e. The Morgan fingerprint density at radius 2 is 1.92 bits per heavy atom. The molecule has 1 amide bonds. The highest BCUT2D eigenvalue weighted by molar-refractivity contribution is 5.98. The van der Waals surface area contributed by atoms with Crippen molar-refractivity contribution < 1.29 is 14.3 Å². The van der Waals surface area contributed by atoms with Crippen molar-refractivity contribution in [3.63, 3.8) is 0 Å². The predicted molar refractivity (Wildman–Crippen MR) is 96.6 cm³/mol. The molecule has 1 aromatic carbocycles. The van der Waals surface area contributed by atoms with Gasteiger partial charge in [0.1, 0.15) is 6.33 Å². The van der Waals surface area contributed by atoms with Crippen LogP contribution < -0.4 is 14.8 Å². The van der Waals surface area contributed by atoms with Crippen molar-refractivity contribution in [2.24, 2.45) is 0 Å². The number of ether oxygens (including phenoxy) is 2. The van der Waals surface area contributed by atoms with Gasteiger partial charge in [0.05, 0.1) is 19.6 Å². The van der Waals surface area contributed by atoms with Crippen molar-refractivity contribution in [3.05, 3.63) is 30.1 Å². The Labute approximate surface area is 152 Å². The zero-order valence-corrected chi connectivity index (χ0v) is 15.2. The molecule has 7 nitrogen and oxygen atoms in total. The molecule has 1 aromatic heterocycles. The summed E-state index contributed by atoms with van der Waals surface area (Å²) in [4.78, 5) is 13.3. The summed E-state index contributed by atoms with van der Waals surface area (Å²) in [7, 11) is 3.22. The Balaban J connectivity index is 1.65. The van der Waals surface area contributed by atoms with Crippen LogP contribution in [0.15, 0.2) is 24.5 Å². The summed E-state index contributed by atoms with van der Waals surface area (Å²) in [5, 5.41) is 11.1. The number of hydrogen-bond acceptors (Lipinski definition) is 5. The van der Waals surface area contributed by atoms with E-state index >= 15 is 0 Å². The number of methoxy groups -OCH3 is 2. The second kappa shape index (κ2) is 6.63. The molecular weight excluding hydrogens is 332 g/mol. The van der Waals surface area contributed by atoms with E-state index in [4.69, 9.17) is 9.47 Å². The van der Waals surface area contributed by atoms with Gasteiger partial charge < -0.3 is 9.47 Å². The third kappa shape index (κ3) is 2.81. The van der Waals surface area contributed by atoms with E-state index in [1.807, 2.05) is 22.8 Å². The number of benzene rings is 1. The fourth-order valence-electron chi connectivity index (χ4n) is 3.93. The van der Waals surface area contributed by atoms with Crippen LogP contribution in [0.3, 0.4) is 0 Å². The second-order valence-corrected chi connectivity index (χ2v) is 7.11. The van der Waals surface area contributed by atoms with E-state index < -0.39 is 5.41 Å². The molecule has 1 heterocycles. The van der Waals surface area contributed by atoms with Gasteiger partial charge in [-0.15, -0.1) is 10.2 Å². The molecule has 0 atom stereocenters. The normalized spacial score (nSPS) is 18.5. The smallest absolute Gasteiger partial charge is 0.237 e. The highest BCUT2D eigenvalue weighted by Crippen LogP contribution is 2.45. The maximum Gasteiger partial charge on any atom is 0.237 e. The number of rotatable bonds is 6. The maximum absolute atomic E-state index is 13.3. The van der Waals surface area contributed by atoms with Gasteiger partial charge in [-0.05, 0) is 43.4 Å². The predicted octanol–water partition coefficient (Wildman–Crippen LogP) is 3.08. The summed E-state index contributed by atoms with van der Waals surface area (Å²) in [5.41, 5.74) is 0.391. The summed E-state index contributed by atoms with van der Waals surface area (Å²) in [6.07, 6.45) is 7.60. The SMILES string of the molecule is COc1ccc(C2(C(=O)Nc3nncn3C3CC3)CCCC2)cc1OC. The molecule has 26 heavy (non-hydrogen) atoms. The Bertz CT molecular complexity index is 807. The summed E-state index contributed by atoms with van der Waals surface area (Å²) < 4.78 is 12.7. The molecular formula is C19H24N4O3. The first-order valence-corrected chi connectivity index (χ1v) is 9.11. The van der Waals surface area contributed by atoms with Gasteiger partial charge in [-0.2, -0.15) is 0 Å². The van der Waals surface area contributed by atoms with Crippen LogP contribution in [0.25, 0.3) is 0 Å². The lowest BCUT2D eigenvalue weighted by Crippen LogP contribution is -2.38. The van der Waals surface area contributed by atoms with Gasteiger partial charge in [0.25, 0.3) is 0 Å². The van der Waals surface area contributed by atoms with Crippen LogP contribution >= 0.6 is 0 Å². The van der Waals surface area contributed by atoms with Crippen molar-refractivity contribution in [1.82, 2.24) is 14.8 Å². The molecule has 2 aromatic rings. The van der Waals surface area contributed by atoms with E-state index in [1.54, 1.807) is 20.5 Å². The first-order valence-electron chi connectivity index (χ1n) is 9.11. The van der Waals surface area contributed by atoms with Gasteiger partial charge in [-0.25, -0.2) is 0 Å². The standard InChI is InChI=1S/C19H24N4O3/c1-25-15-8-5-13(11-16(15)26-2)19(9-3-4-10-19)17(24)21-18-22-20-12-23(18)14-6-7-14/h5,8,11-12,14H,3-4,6-7,9-10H2,1-2H3,(H,21,22,24). The van der Waals surface area contributed by atoms with E-state index in [9.17, 15) is 4.79 Å². The number of amides is 1. The lowest BCUT2D eigenvalue weighted by molar-refractivity contribution is -0.121. The monoisotopic (exact) mass is 356 g/mol. The molecule has 2 aliphatic carbocycles. The van der Waals surface area contributed by atoms with E-state index in [2.05, 4.69) is 15.5 Å². The van der Waals surface area contributed by atoms with Crippen molar-refractivity contribution in [1.29, 1.82) is 0 Å². The molecule has 0 radical (unpaired) electrons. The number of aromatic nitrogens is 3. The van der Waals surface area contributed by atoms with Gasteiger partial charge in [0.2, 0.25) is 11.9 Å². The molecule has 1 N–H and O–H groups in total. The van der Waals surface area contributed by atoms with Crippen LogP contribution in [-0.2, 0) is 10.2 Å². The average Bonchev–Trinajstić information content (AvgIpc) is 3.19. The van der Waals surface area contributed by atoms with Crippen molar-refractivity contribution in [3.8, 4) is 11.5 Å². The van der Waals surface area contributed by atoms with E-state index in [-0.39, 0.29) is 5.91 Å². The Hall–Kier alpha value is -2.57. The first kappa shape index (κ1) is 16.9. The van der Waals surface area contributed by atoms with Crippen molar-refractivity contribution in [2.45, 2.75) is 50.0 Å². The second-order valence-electron chi connectivity index (χ2n) is 7.11. The summed E-state index contributed by atoms with van der Waals surface area (Å²) >= 11 is 0. The molecule has 138 valence electrons. The molecule has 0 aliphatic heterocycles. The number of carbonyl (C=O) groups is 1. The molecule has 7 heteroatoms. The van der Waals surface area contributed by atoms with Crippen LogP contribution in [0.2, 0.25) is 0 Å². The fourth-order valence-corrected chi connectivity index (χ4v) is 3.93. The maximum atomic E-state index is 13.3. The van der Waals surface area contributed by atoms with Crippen LogP contribution in [0.5, 0.6) is 11.5 Å². The third-order valence-electron chi connectivity index (χ3n) is 5.57. The lowest BCUT2D eigenvalue weighted by atomic mass is 9.78. The van der Waals surface area contributed by atoms with Gasteiger partial charge in [-0.1, -0.05) is 18.9 Å². The molecule has 4 rings (SSSR count). The highest BCUT2D eigenvalue weighted by Gasteiger charge is 2.44. The molecule has 0 bridgehead atoms. The van der Waals surface area contributed by atoms with Gasteiger partial charge in [0, 0.05) is 6.04 Å². The van der Waals surface area contributed by atoms with Gasteiger partial charge in [-0.3, -0.25) is 14.7 Å². The molecule has 2 aliphatic rings. The summed E-state index contributed by atoms with van der Waals surface area (Å²) in [6, 6.07) is 6.18. The third-order valence-corrected chi connectivity index (χ3v) is 5.57. The lowest BCUT2D eigenvalue weighted by Gasteiger charge is -2.28. The van der Waals surface area contributed by atoms with Crippen LogP contribution in [0.4, 0.5) is 5.95 Å². The average molecular weight is 356 g/mol. The Kier molecular flexibility index (Phi) is 4.30. The van der Waals surface area contributed by atoms with Gasteiger partial charge >= 0.3 is 0 Å². The summed E-state index contributed by atoms with van der Waals surface area (Å²) in [5.74, 6) is 1.84. The molecule has 2 saturated carbocycles. The number of nitrogens with zero attached hydrogens (tertiary/aromatic N) is 3. The topological polar surface area (TPSA) is 78.3 Å². The largest absolute Gasteiger partial charge is 0.493 e. The van der Waals surface area contributed by atoms with E-state index in [1.165, 1.54) is 0 Å². The molecule has 0 spiro atoms. The van der Waals surface area contributed by atoms with Gasteiger partial charge in [0.15, 0.2) is 11.5 Å². The van der Waals surface area contributed by atoms with E-state index in [0.717, 1.165) is 44.1 Å². The minimum atomic E-state index is -0.570. The molecule has 2 fully saturated rings. The van der Waals surface area contributed by atoms with Crippen molar-refractivity contribution >= 4 is 11.9 Å². The molecule has 0 saturated heterocycles.